The number of amides is 1. The highest BCUT2D eigenvalue weighted by Crippen LogP contribution is 2.10. The van der Waals surface area contributed by atoms with E-state index in [1.54, 1.807) is 22.9 Å². The van der Waals surface area contributed by atoms with Crippen LogP contribution in [0.25, 0.3) is 10.9 Å². The van der Waals surface area contributed by atoms with Crippen molar-refractivity contribution in [2.24, 2.45) is 0 Å². The molecular weight excluding hydrogens is 368 g/mol. The van der Waals surface area contributed by atoms with Crippen LogP contribution in [0.1, 0.15) is 11.1 Å². The van der Waals surface area contributed by atoms with Gasteiger partial charge in [-0.15, -0.1) is 0 Å². The molecule has 1 aliphatic heterocycles. The SMILES string of the molecule is O=C(Cn1ncc(=O)c2ccccc21)NCc1ccc(CN2CCOCC2)cc1. The predicted molar refractivity (Wildman–Crippen MR) is 110 cm³/mol. The molecule has 2 aromatic carbocycles. The van der Waals surface area contributed by atoms with Gasteiger partial charge in [0.25, 0.3) is 0 Å². The van der Waals surface area contributed by atoms with Crippen molar-refractivity contribution in [3.63, 3.8) is 0 Å². The largest absolute Gasteiger partial charge is 0.379 e. The van der Waals surface area contributed by atoms with Crippen molar-refractivity contribution in [1.29, 1.82) is 0 Å². The van der Waals surface area contributed by atoms with Crippen LogP contribution in [0.5, 0.6) is 0 Å². The highest BCUT2D eigenvalue weighted by atomic mass is 16.5. The second kappa shape index (κ2) is 8.98. The summed E-state index contributed by atoms with van der Waals surface area (Å²) in [5.41, 5.74) is 2.81. The van der Waals surface area contributed by atoms with E-state index in [1.165, 1.54) is 11.8 Å². The molecular formula is C22H24N4O3. The molecule has 7 nitrogen and oxygen atoms in total. The lowest BCUT2D eigenvalue weighted by Gasteiger charge is -2.26. The Balaban J connectivity index is 1.33. The van der Waals surface area contributed by atoms with Crippen LogP contribution in [-0.4, -0.2) is 46.9 Å². The van der Waals surface area contributed by atoms with Crippen LogP contribution >= 0.6 is 0 Å². The van der Waals surface area contributed by atoms with Crippen LogP contribution in [0.3, 0.4) is 0 Å². The number of hydrogen-bond acceptors (Lipinski definition) is 5. The third-order valence-corrected chi connectivity index (χ3v) is 5.08. The molecule has 1 aliphatic rings. The molecule has 0 atom stereocenters. The van der Waals surface area contributed by atoms with Crippen LogP contribution in [-0.2, 0) is 29.2 Å². The highest BCUT2D eigenvalue weighted by Gasteiger charge is 2.11. The lowest BCUT2D eigenvalue weighted by molar-refractivity contribution is -0.121. The Hall–Kier alpha value is -3.03. The second-order valence-corrected chi connectivity index (χ2v) is 7.17. The fourth-order valence-corrected chi connectivity index (χ4v) is 3.46. The molecule has 29 heavy (non-hydrogen) atoms. The average molecular weight is 392 g/mol. The zero-order chi connectivity index (χ0) is 20.1. The zero-order valence-electron chi connectivity index (χ0n) is 16.2. The Morgan fingerprint density at radius 2 is 1.76 bits per heavy atom. The van der Waals surface area contributed by atoms with E-state index >= 15 is 0 Å². The molecule has 1 N–H and O–H groups in total. The van der Waals surface area contributed by atoms with Gasteiger partial charge in [0.15, 0.2) is 0 Å². The first-order valence-electron chi connectivity index (χ1n) is 9.78. The summed E-state index contributed by atoms with van der Waals surface area (Å²) in [6.07, 6.45) is 1.25. The molecule has 0 radical (unpaired) electrons. The molecule has 0 saturated carbocycles. The van der Waals surface area contributed by atoms with Crippen molar-refractivity contribution in [3.8, 4) is 0 Å². The summed E-state index contributed by atoms with van der Waals surface area (Å²) in [4.78, 5) is 26.6. The van der Waals surface area contributed by atoms with Gasteiger partial charge in [-0.2, -0.15) is 5.10 Å². The molecule has 1 fully saturated rings. The van der Waals surface area contributed by atoms with Gasteiger partial charge in [0.05, 0.1) is 24.9 Å². The number of morpholine rings is 1. The number of hydrogen-bond donors (Lipinski definition) is 1. The van der Waals surface area contributed by atoms with Gasteiger partial charge in [0.2, 0.25) is 11.3 Å². The maximum Gasteiger partial charge on any atom is 0.242 e. The van der Waals surface area contributed by atoms with Crippen LogP contribution in [0.2, 0.25) is 0 Å². The standard InChI is InChI=1S/C22H24N4O3/c27-21-14-24-26(20-4-2-1-3-19(20)21)16-22(28)23-13-17-5-7-18(8-6-17)15-25-9-11-29-12-10-25/h1-8,14H,9-13,15-16H2,(H,23,28). The molecule has 0 spiro atoms. The van der Waals surface area contributed by atoms with Crippen molar-refractivity contribution in [1.82, 2.24) is 20.0 Å². The number of nitrogens with zero attached hydrogens (tertiary/aromatic N) is 3. The second-order valence-electron chi connectivity index (χ2n) is 7.17. The number of fused-ring (bicyclic) bond motifs is 1. The fraction of sp³-hybridized carbons (Fsp3) is 0.318. The fourth-order valence-electron chi connectivity index (χ4n) is 3.46. The summed E-state index contributed by atoms with van der Waals surface area (Å²) < 4.78 is 6.93. The van der Waals surface area contributed by atoms with Crippen LogP contribution in [0.15, 0.2) is 59.5 Å². The van der Waals surface area contributed by atoms with Gasteiger partial charge in [-0.1, -0.05) is 36.4 Å². The zero-order valence-corrected chi connectivity index (χ0v) is 16.2. The van der Waals surface area contributed by atoms with E-state index < -0.39 is 0 Å². The van der Waals surface area contributed by atoms with Gasteiger partial charge >= 0.3 is 0 Å². The Morgan fingerprint density at radius 1 is 1.03 bits per heavy atom. The van der Waals surface area contributed by atoms with Gasteiger partial charge in [-0.05, 0) is 23.3 Å². The van der Waals surface area contributed by atoms with E-state index in [9.17, 15) is 9.59 Å². The minimum Gasteiger partial charge on any atom is -0.379 e. The normalized spacial score (nSPS) is 14.8. The van der Waals surface area contributed by atoms with Crippen molar-refractivity contribution < 1.29 is 9.53 Å². The van der Waals surface area contributed by atoms with Gasteiger partial charge in [0, 0.05) is 31.6 Å². The Morgan fingerprint density at radius 3 is 2.55 bits per heavy atom. The maximum atomic E-state index is 12.4. The highest BCUT2D eigenvalue weighted by molar-refractivity contribution is 5.81. The van der Waals surface area contributed by atoms with Gasteiger partial charge < -0.3 is 10.1 Å². The Kier molecular flexibility index (Phi) is 5.97. The summed E-state index contributed by atoms with van der Waals surface area (Å²) in [6, 6.07) is 15.5. The summed E-state index contributed by atoms with van der Waals surface area (Å²) >= 11 is 0. The van der Waals surface area contributed by atoms with Gasteiger partial charge in [-0.25, -0.2) is 0 Å². The first kappa shape index (κ1) is 19.3. The number of carbonyl (C=O) groups is 1. The number of benzene rings is 2. The number of rotatable bonds is 6. The van der Waals surface area contributed by atoms with E-state index in [0.717, 1.165) is 38.4 Å². The van der Waals surface area contributed by atoms with Gasteiger partial charge in [0.1, 0.15) is 6.54 Å². The first-order chi connectivity index (χ1) is 14.2. The quantitative estimate of drug-likeness (QED) is 0.689. The monoisotopic (exact) mass is 392 g/mol. The summed E-state index contributed by atoms with van der Waals surface area (Å²) in [5, 5.41) is 7.58. The summed E-state index contributed by atoms with van der Waals surface area (Å²) in [5.74, 6) is -0.149. The summed E-state index contributed by atoms with van der Waals surface area (Å²) in [6.45, 7) is 4.95. The molecule has 7 heteroatoms. The van der Waals surface area contributed by atoms with Crippen LogP contribution in [0, 0.1) is 0 Å². The lowest BCUT2D eigenvalue weighted by Crippen LogP contribution is -2.35. The minimum atomic E-state index is -0.149. The third-order valence-electron chi connectivity index (χ3n) is 5.08. The topological polar surface area (TPSA) is 76.5 Å². The smallest absolute Gasteiger partial charge is 0.242 e. The molecule has 150 valence electrons. The molecule has 0 bridgehead atoms. The van der Waals surface area contributed by atoms with Crippen molar-refractivity contribution in [3.05, 3.63) is 76.1 Å². The molecule has 1 saturated heterocycles. The minimum absolute atomic E-state index is 0.0654. The molecule has 1 amide bonds. The van der Waals surface area contributed by atoms with E-state index in [2.05, 4.69) is 27.4 Å². The first-order valence-corrected chi connectivity index (χ1v) is 9.78. The average Bonchev–Trinajstić information content (AvgIpc) is 2.76. The van der Waals surface area contributed by atoms with Crippen LogP contribution < -0.4 is 10.7 Å². The molecule has 4 rings (SSSR count). The van der Waals surface area contributed by atoms with Gasteiger partial charge in [-0.3, -0.25) is 19.2 Å². The van der Waals surface area contributed by atoms with Crippen LogP contribution in [0.4, 0.5) is 0 Å². The predicted octanol–water partition coefficient (Wildman–Crippen LogP) is 1.55. The number of carbonyl (C=O) groups excluding carboxylic acids is 1. The number of para-hydroxylation sites is 1. The van der Waals surface area contributed by atoms with Crippen molar-refractivity contribution in [2.75, 3.05) is 26.3 Å². The van der Waals surface area contributed by atoms with E-state index in [0.29, 0.717) is 17.4 Å². The summed E-state index contributed by atoms with van der Waals surface area (Å²) in [7, 11) is 0. The van der Waals surface area contributed by atoms with Crippen molar-refractivity contribution >= 4 is 16.8 Å². The van der Waals surface area contributed by atoms with E-state index in [-0.39, 0.29) is 17.9 Å². The van der Waals surface area contributed by atoms with Crippen molar-refractivity contribution in [2.45, 2.75) is 19.6 Å². The molecule has 3 aromatic rings. The number of ether oxygens (including phenoxy) is 1. The molecule has 2 heterocycles. The number of nitrogens with one attached hydrogen (secondary N) is 1. The molecule has 0 unspecified atom stereocenters. The third kappa shape index (κ3) is 4.88. The van der Waals surface area contributed by atoms with E-state index in [4.69, 9.17) is 4.74 Å². The maximum absolute atomic E-state index is 12.4. The number of aromatic nitrogens is 2. The Bertz CT molecular complexity index is 1040. The van der Waals surface area contributed by atoms with E-state index in [1.807, 2.05) is 18.2 Å². The lowest BCUT2D eigenvalue weighted by atomic mass is 10.1. The molecule has 0 aliphatic carbocycles. The molecule has 1 aromatic heterocycles. The Labute approximate surface area is 168 Å².